The fraction of sp³-hybridized carbons (Fsp3) is 0.400. The molecule has 2 rings (SSSR count). The van der Waals surface area contributed by atoms with E-state index in [-0.39, 0.29) is 11.6 Å². The molecule has 0 aromatic carbocycles. The lowest BCUT2D eigenvalue weighted by atomic mass is 10.1. The number of carbonyl (C=O) groups is 1. The summed E-state index contributed by atoms with van der Waals surface area (Å²) in [4.78, 5) is 17.5. The van der Waals surface area contributed by atoms with Crippen molar-refractivity contribution in [2.24, 2.45) is 0 Å². The van der Waals surface area contributed by atoms with Crippen LogP contribution < -0.4 is 4.90 Å². The normalized spacial score (nSPS) is 19.1. The second kappa shape index (κ2) is 3.62. The van der Waals surface area contributed by atoms with Crippen LogP contribution in [0.1, 0.15) is 13.8 Å². The minimum absolute atomic E-state index is 0.325. The highest BCUT2D eigenvalue weighted by molar-refractivity contribution is 14.1. The Kier molecular flexibility index (Phi) is 2.57. The van der Waals surface area contributed by atoms with Gasteiger partial charge in [0, 0.05) is 0 Å². The van der Waals surface area contributed by atoms with Crippen molar-refractivity contribution in [2.45, 2.75) is 19.4 Å². The molecule has 1 fully saturated rings. The zero-order valence-electron chi connectivity index (χ0n) is 8.53. The number of aromatic nitrogens is 1. The number of hydrogen-bond acceptors (Lipinski definition) is 3. The second-order valence-corrected chi connectivity index (χ2v) is 5.13. The quantitative estimate of drug-likeness (QED) is 0.590. The number of rotatable bonds is 1. The van der Waals surface area contributed by atoms with E-state index in [1.165, 1.54) is 0 Å². The van der Waals surface area contributed by atoms with Crippen molar-refractivity contribution in [1.29, 1.82) is 0 Å². The first-order valence-corrected chi connectivity index (χ1v) is 5.68. The SMILES string of the molecule is CC1(C)COC(=O)N1c1cccc(I)n1. The molecule has 0 unspecified atom stereocenters. The molecule has 5 heteroatoms. The summed E-state index contributed by atoms with van der Waals surface area (Å²) in [7, 11) is 0. The van der Waals surface area contributed by atoms with Gasteiger partial charge in [-0.1, -0.05) is 6.07 Å². The van der Waals surface area contributed by atoms with Crippen LogP contribution in [-0.2, 0) is 4.74 Å². The largest absolute Gasteiger partial charge is 0.447 e. The highest BCUT2D eigenvalue weighted by Gasteiger charge is 2.41. The van der Waals surface area contributed by atoms with Crippen LogP contribution in [0.4, 0.5) is 10.6 Å². The molecule has 1 aromatic rings. The van der Waals surface area contributed by atoms with Crippen molar-refractivity contribution in [3.63, 3.8) is 0 Å². The average molecular weight is 318 g/mol. The van der Waals surface area contributed by atoms with Crippen LogP contribution in [0.25, 0.3) is 0 Å². The van der Waals surface area contributed by atoms with E-state index >= 15 is 0 Å². The van der Waals surface area contributed by atoms with E-state index in [0.29, 0.717) is 12.4 Å². The molecule has 0 atom stereocenters. The van der Waals surface area contributed by atoms with Gasteiger partial charge in [-0.2, -0.15) is 0 Å². The lowest BCUT2D eigenvalue weighted by molar-refractivity contribution is 0.175. The minimum atomic E-state index is -0.325. The molecule has 1 saturated heterocycles. The van der Waals surface area contributed by atoms with Crippen molar-refractivity contribution < 1.29 is 9.53 Å². The van der Waals surface area contributed by atoms with E-state index in [1.807, 2.05) is 32.0 Å². The standard InChI is InChI=1S/C10H11IN2O2/c1-10(2)6-15-9(14)13(10)8-5-3-4-7(11)12-8/h3-5H,6H2,1-2H3. The van der Waals surface area contributed by atoms with Crippen LogP contribution in [0.5, 0.6) is 0 Å². The summed E-state index contributed by atoms with van der Waals surface area (Å²) in [5.41, 5.74) is -0.325. The van der Waals surface area contributed by atoms with Crippen molar-refractivity contribution in [3.8, 4) is 0 Å². The third-order valence-corrected chi connectivity index (χ3v) is 2.87. The molecule has 0 radical (unpaired) electrons. The summed E-state index contributed by atoms with van der Waals surface area (Å²) < 4.78 is 5.88. The number of ether oxygens (including phenoxy) is 1. The topological polar surface area (TPSA) is 42.4 Å². The Morgan fingerprint density at radius 2 is 2.27 bits per heavy atom. The number of pyridine rings is 1. The predicted molar refractivity (Wildman–Crippen MR) is 64.9 cm³/mol. The van der Waals surface area contributed by atoms with E-state index in [9.17, 15) is 4.79 Å². The highest BCUT2D eigenvalue weighted by Crippen LogP contribution is 2.28. The van der Waals surface area contributed by atoms with Crippen LogP contribution in [0.3, 0.4) is 0 Å². The Morgan fingerprint density at radius 1 is 1.53 bits per heavy atom. The third kappa shape index (κ3) is 1.92. The van der Waals surface area contributed by atoms with Gasteiger partial charge >= 0.3 is 6.09 Å². The summed E-state index contributed by atoms with van der Waals surface area (Å²) >= 11 is 2.12. The molecule has 0 aliphatic carbocycles. The van der Waals surface area contributed by atoms with E-state index < -0.39 is 0 Å². The Bertz CT molecular complexity index is 406. The average Bonchev–Trinajstić information content (AvgIpc) is 2.40. The van der Waals surface area contributed by atoms with Crippen LogP contribution in [-0.4, -0.2) is 23.2 Å². The summed E-state index contributed by atoms with van der Waals surface area (Å²) in [6, 6.07) is 5.58. The maximum absolute atomic E-state index is 11.6. The summed E-state index contributed by atoms with van der Waals surface area (Å²) in [6.45, 7) is 4.32. The molecule has 0 N–H and O–H groups in total. The van der Waals surface area contributed by atoms with Gasteiger partial charge in [-0.3, -0.25) is 4.90 Å². The van der Waals surface area contributed by atoms with E-state index in [2.05, 4.69) is 27.6 Å². The number of amides is 1. The molecule has 0 bridgehead atoms. The van der Waals surface area contributed by atoms with Crippen molar-refractivity contribution in [2.75, 3.05) is 11.5 Å². The molecular weight excluding hydrogens is 307 g/mol. The molecule has 2 heterocycles. The van der Waals surface area contributed by atoms with E-state index in [1.54, 1.807) is 4.90 Å². The van der Waals surface area contributed by atoms with Crippen LogP contribution in [0.2, 0.25) is 0 Å². The summed E-state index contributed by atoms with van der Waals surface area (Å²) in [6.07, 6.45) is -0.325. The molecule has 4 nitrogen and oxygen atoms in total. The van der Waals surface area contributed by atoms with E-state index in [0.717, 1.165) is 3.70 Å². The van der Waals surface area contributed by atoms with Gasteiger partial charge in [0.15, 0.2) is 0 Å². The van der Waals surface area contributed by atoms with E-state index in [4.69, 9.17) is 4.74 Å². The zero-order valence-corrected chi connectivity index (χ0v) is 10.7. The Labute approximate surface area is 102 Å². The highest BCUT2D eigenvalue weighted by atomic mass is 127. The van der Waals surface area contributed by atoms with Gasteiger partial charge in [-0.25, -0.2) is 9.78 Å². The second-order valence-electron chi connectivity index (χ2n) is 4.02. The van der Waals surface area contributed by atoms with Crippen LogP contribution in [0, 0.1) is 3.70 Å². The molecule has 0 spiro atoms. The molecule has 1 aliphatic heterocycles. The van der Waals surface area contributed by atoms with Gasteiger partial charge in [0.1, 0.15) is 16.1 Å². The first kappa shape index (κ1) is 10.7. The number of halogens is 1. The van der Waals surface area contributed by atoms with Crippen molar-refractivity contribution >= 4 is 34.5 Å². The monoisotopic (exact) mass is 318 g/mol. The van der Waals surface area contributed by atoms with Gasteiger partial charge in [-0.05, 0) is 48.6 Å². The van der Waals surface area contributed by atoms with Crippen molar-refractivity contribution in [3.05, 3.63) is 21.9 Å². The van der Waals surface area contributed by atoms with Gasteiger partial charge in [0.2, 0.25) is 0 Å². The van der Waals surface area contributed by atoms with Crippen LogP contribution in [0.15, 0.2) is 18.2 Å². The zero-order chi connectivity index (χ0) is 11.1. The molecule has 1 amide bonds. The molecule has 1 aliphatic rings. The molecule has 1 aromatic heterocycles. The summed E-state index contributed by atoms with van der Waals surface area (Å²) in [5.74, 6) is 0.648. The number of carbonyl (C=O) groups excluding carboxylic acids is 1. The first-order chi connectivity index (χ1) is 7.00. The minimum Gasteiger partial charge on any atom is -0.447 e. The molecule has 15 heavy (non-hydrogen) atoms. The Balaban J connectivity index is 2.41. The molecule has 80 valence electrons. The smallest absolute Gasteiger partial charge is 0.416 e. The van der Waals surface area contributed by atoms with Gasteiger partial charge < -0.3 is 4.74 Å². The fourth-order valence-electron chi connectivity index (χ4n) is 1.54. The summed E-state index contributed by atoms with van der Waals surface area (Å²) in [5, 5.41) is 0. The van der Waals surface area contributed by atoms with Gasteiger partial charge in [0.25, 0.3) is 0 Å². The lowest BCUT2D eigenvalue weighted by Crippen LogP contribution is -2.42. The number of anilines is 1. The molecular formula is C10H11IN2O2. The maximum atomic E-state index is 11.6. The first-order valence-electron chi connectivity index (χ1n) is 4.60. The van der Waals surface area contributed by atoms with Gasteiger partial charge in [0.05, 0.1) is 5.54 Å². The third-order valence-electron chi connectivity index (χ3n) is 2.27. The van der Waals surface area contributed by atoms with Gasteiger partial charge in [-0.15, -0.1) is 0 Å². The Morgan fingerprint density at radius 3 is 2.80 bits per heavy atom. The number of nitrogens with zero attached hydrogens (tertiary/aromatic N) is 2. The van der Waals surface area contributed by atoms with Crippen molar-refractivity contribution in [1.82, 2.24) is 4.98 Å². The predicted octanol–water partition coefficient (Wildman–Crippen LogP) is 2.42. The number of hydrogen-bond donors (Lipinski definition) is 0. The maximum Gasteiger partial charge on any atom is 0.416 e. The number of cyclic esters (lactones) is 1. The lowest BCUT2D eigenvalue weighted by Gasteiger charge is -2.26. The van der Waals surface area contributed by atoms with Crippen LogP contribution >= 0.6 is 22.6 Å². The molecule has 0 saturated carbocycles. The fourth-order valence-corrected chi connectivity index (χ4v) is 2.00. The Hall–Kier alpha value is -0.850.